The molecule has 796 valence electrons. The minimum absolute atomic E-state index is 0.00263. The number of anilines is 2. The number of nitrogens with one attached hydrogen (secondary N) is 4. The monoisotopic (exact) mass is 2120 g/mol. The number of ketones is 2. The number of phenolic OH excluding ortho intramolecular Hbond substituents is 3. The van der Waals surface area contributed by atoms with Crippen molar-refractivity contribution >= 4 is 133 Å². The molecule has 3 aromatic heterocycles. The van der Waals surface area contributed by atoms with E-state index in [0.29, 0.717) is 90.1 Å². The van der Waals surface area contributed by atoms with E-state index in [2.05, 4.69) is 32.7 Å². The van der Waals surface area contributed by atoms with Crippen LogP contribution in [0.3, 0.4) is 0 Å². The first-order valence-corrected chi connectivity index (χ1v) is 46.4. The molecule has 3 unspecified atom stereocenters. The molecule has 0 bridgehead atoms. The molecule has 0 radical (unpaired) electrons. The predicted octanol–water partition coefficient (Wildman–Crippen LogP) is 15.0. The topological polar surface area (TPSA) is 595 Å². The van der Waals surface area contributed by atoms with Gasteiger partial charge in [0, 0.05) is 109 Å². The summed E-state index contributed by atoms with van der Waals surface area (Å²) in [7, 11) is 9.35. The van der Waals surface area contributed by atoms with Gasteiger partial charge in [-0.3, -0.25) is 36.3 Å². The smallest absolute Gasteiger partial charge is 0.508 e. The van der Waals surface area contributed by atoms with Crippen LogP contribution in [0.4, 0.5) is 25.8 Å². The second-order valence-corrected chi connectivity index (χ2v) is 38.0. The molecule has 45 heteroatoms. The molecule has 16 rings (SSSR count). The number of ether oxygens (including phenoxy) is 17. The number of alkyl halides is 3. The van der Waals surface area contributed by atoms with Gasteiger partial charge in [0.15, 0.2) is 29.9 Å². The number of phenols is 3. The third-order valence-corrected chi connectivity index (χ3v) is 23.8. The Kier molecular flexibility index (Phi) is 39.1. The highest BCUT2D eigenvalue weighted by atomic mass is 35.6. The fourth-order valence-electron chi connectivity index (χ4n) is 16.0. The fourth-order valence-corrected chi connectivity index (χ4v) is 16.2. The molecule has 0 aliphatic carbocycles. The average molecular weight is 2120 g/mol. The predicted molar refractivity (Wildman–Crippen MR) is 542 cm³/mol. The van der Waals surface area contributed by atoms with Crippen LogP contribution in [0, 0.1) is 40.0 Å². The lowest BCUT2D eigenvalue weighted by molar-refractivity contribution is -0.287. The molecule has 148 heavy (non-hydrogen) atoms. The summed E-state index contributed by atoms with van der Waals surface area (Å²) in [6, 6.07) is 42.1. The maximum atomic E-state index is 13.2. The minimum atomic E-state index is -2.05. The quantitative estimate of drug-likeness (QED) is 0.00231. The SMILES string of the molecule is COC(=O)/C(=C/N(C)C)NCC(=O)c1ccccc1.CO[C@@H]1[C@@H]2OC(=O)OC2[C@H](Oc2ccc3cc(C)c(=O)oc3c2C)OC1(C)C.CO[C@@H]1[C@@H]2OC(=O)OC2[C@H](Oc2ccc3cc(NC(=O)c4ccc(OC(C)=O)c(CC=C(C)C)c4)c(=O)oc3c2C)OC1(C)C.CO[C@@H]1[C@H]2OC(=O)O[C@H]2C(OC(=N)C(Cl)(Cl)Cl)OC1(C)C.Cc1c(O)ccc2cc(NCC(=O)c3ccccc3)c(=O)oc12.Cc1c(O)cccc1O.[2H]N.[2H]NN. The number of carbonyl (C=O) groups excluding carboxylic acids is 8. The maximum absolute atomic E-state index is 13.2. The van der Waals surface area contributed by atoms with E-state index in [4.69, 9.17) is 142 Å². The molecule has 7 aromatic carbocycles. The first kappa shape index (κ1) is 114. The molecule has 0 saturated carbocycles. The molecule has 14 N–H and O–H groups in total. The van der Waals surface area contributed by atoms with Crippen LogP contribution in [0.2, 0.25) is 2.82 Å². The van der Waals surface area contributed by atoms with E-state index >= 15 is 0 Å². The molecule has 9 heterocycles. The number of nitrogens with two attached hydrogens (primary N) is 2. The molecule has 42 nitrogen and oxygen atoms in total. The maximum Gasteiger partial charge on any atom is 0.509 e. The highest BCUT2D eigenvalue weighted by Crippen LogP contribution is 2.45. The van der Waals surface area contributed by atoms with Crippen molar-refractivity contribution in [2.24, 2.45) is 11.7 Å². The molecule has 6 aliphatic rings. The molecule has 6 aliphatic heterocycles. The van der Waals surface area contributed by atoms with E-state index in [0.717, 1.165) is 11.0 Å². The molecular weight excluding hydrogens is 2000 g/mol. The van der Waals surface area contributed by atoms with Crippen LogP contribution in [-0.2, 0) is 82.3 Å². The Hall–Kier alpha value is -14.4. The number of allylic oxidation sites excluding steroid dienone is 2. The first-order chi connectivity index (χ1) is 70.8. The van der Waals surface area contributed by atoms with Gasteiger partial charge < -0.3 is 136 Å². The second kappa shape index (κ2) is 50.8. The summed E-state index contributed by atoms with van der Waals surface area (Å²) in [5, 5.41) is 45.4. The van der Waals surface area contributed by atoms with E-state index in [-0.39, 0.29) is 70.1 Å². The zero-order chi connectivity index (χ0) is 111. The molecule has 1 amide bonds. The number of hydrazine groups is 1. The summed E-state index contributed by atoms with van der Waals surface area (Å²) >= 11 is 16.7. The van der Waals surface area contributed by atoms with Crippen molar-refractivity contribution in [3.63, 3.8) is 0 Å². The van der Waals surface area contributed by atoms with Crippen molar-refractivity contribution in [2.75, 3.05) is 66.3 Å². The van der Waals surface area contributed by atoms with Crippen LogP contribution in [0.1, 0.15) is 127 Å². The van der Waals surface area contributed by atoms with E-state index in [9.17, 15) is 57.8 Å². The number of aryl methyl sites for hydroxylation is 4. The number of nitrogens with zero attached hydrogens (tertiary/aromatic N) is 1. The molecule has 12 atom stereocenters. The van der Waals surface area contributed by atoms with Crippen LogP contribution < -0.4 is 64.9 Å². The Morgan fingerprint density at radius 3 is 1.36 bits per heavy atom. The van der Waals surface area contributed by atoms with E-state index in [1.165, 1.54) is 71.5 Å². The number of rotatable bonds is 23. The number of aromatic hydroxyl groups is 3. The van der Waals surface area contributed by atoms with Crippen molar-refractivity contribution < 1.29 is 150 Å². The van der Waals surface area contributed by atoms with Crippen LogP contribution in [-0.4, -0.2) is 224 Å². The van der Waals surface area contributed by atoms with Gasteiger partial charge in [0.25, 0.3) is 9.70 Å². The first-order valence-electron chi connectivity index (χ1n) is 46.3. The number of hydrogen-bond donors (Lipinski definition) is 10. The zero-order valence-corrected chi connectivity index (χ0v) is 86.6. The normalized spacial score (nSPS) is 20.7. The highest BCUT2D eigenvalue weighted by Gasteiger charge is 2.62. The van der Waals surface area contributed by atoms with Gasteiger partial charge in [0.2, 0.25) is 43.1 Å². The van der Waals surface area contributed by atoms with Crippen molar-refractivity contribution in [1.82, 2.24) is 16.4 Å². The fraction of sp³-hybridized carbons (Fsp3) is 0.379. The van der Waals surface area contributed by atoms with Gasteiger partial charge in [-0.2, -0.15) is 0 Å². The Bertz CT molecular complexity index is 6760. The van der Waals surface area contributed by atoms with Crippen LogP contribution >= 0.6 is 34.8 Å². The van der Waals surface area contributed by atoms with Crippen LogP contribution in [0.25, 0.3) is 32.9 Å². The van der Waals surface area contributed by atoms with Crippen LogP contribution in [0.5, 0.6) is 34.5 Å². The minimum Gasteiger partial charge on any atom is -0.508 e. The third-order valence-electron chi connectivity index (χ3n) is 23.3. The van der Waals surface area contributed by atoms with Crippen molar-refractivity contribution in [3.8, 4) is 34.5 Å². The Labute approximate surface area is 867 Å². The van der Waals surface area contributed by atoms with Gasteiger partial charge in [-0.15, -0.1) is 0 Å². The number of halogens is 3. The second-order valence-electron chi connectivity index (χ2n) is 35.7. The summed E-state index contributed by atoms with van der Waals surface area (Å²) in [5.74, 6) is 4.87. The number of carbonyl (C=O) groups is 8. The molecule has 10 aromatic rings. The number of amides is 1. The molecule has 6 saturated heterocycles. The van der Waals surface area contributed by atoms with Crippen molar-refractivity contribution in [1.29, 1.82) is 5.41 Å². The third kappa shape index (κ3) is 29.1. The largest absolute Gasteiger partial charge is 0.509 e. The van der Waals surface area contributed by atoms with E-state index in [1.807, 2.05) is 45.9 Å². The standard InChI is InChI=1S/C33H35NO11.C20H22O8.C18H15NO4.C14H18N2O3.C11H14Cl3NO6.C7H8O2.H4N2.H3N/c1-16(2)8-9-19-14-21(11-13-24(19)40-18(4)35)29(36)34-22-15-20-10-12-23(17(3)25(20)42-30(22)37)41-31-27-26(43-32(38)44-27)28(39-7)33(5,6)45-31;1-9-8-11-6-7-12(10(2)13(11)25-17(9)21)24-18-15-14(26-19(22)27-15)16(23-5)20(3,4)28-18;1-11-15(20)8-7-13-9-14(18(22)23-17(11)13)19-10-16(21)12-5-3-2-4-6-12;1-16(2)10-12(14(18)19-3)15-9-13(17)11-7-5-4-6-8-11;1-10(2)6(17-3)4-5(19-9(16)18-4)7(21-10)20-8(15)11(12,13)14;1-5-6(8)3-2-4-7(5)9;1-2;/h8,10-15,26-28,31H,9H2,1-7H3,(H,34,36);6-8,14-16,18H,1-5H3;2-9,19-20H,10H2,1H3;4-8,10,15H,9H2,1-3H3;4-7,15H,1-3H3;2-4,8-9H,1H3;1-2H2;1H3/b;;;12-10-;;;;/t26-,27?,28-,31-;14-,15?,16-,18-;;;4-,5+,6+,7?;;;/m11..0.../s1/i/hD2. The van der Waals surface area contributed by atoms with Gasteiger partial charge >= 0.3 is 47.3 Å². The van der Waals surface area contributed by atoms with Crippen LogP contribution in [0.15, 0.2) is 203 Å². The Balaban J connectivity index is 0.000000208. The van der Waals surface area contributed by atoms with E-state index in [1.54, 1.807) is 197 Å². The molecular formula is C103H119Cl3N8O34. The number of hydrogen-bond acceptors (Lipinski definition) is 41. The number of fused-ring (bicyclic) bond motifs is 6. The number of esters is 2. The summed E-state index contributed by atoms with van der Waals surface area (Å²) in [6.45, 7) is 24.4. The number of benzene rings is 7. The number of Topliss-reactive ketones (excluding diaryl/α,β-unsaturated/α-hetero) is 2. The van der Waals surface area contributed by atoms with Gasteiger partial charge in [0.05, 0.1) is 37.0 Å². The molecule has 0 spiro atoms. The Morgan fingerprint density at radius 1 is 0.514 bits per heavy atom. The summed E-state index contributed by atoms with van der Waals surface area (Å²) in [4.78, 5) is 134. The number of methoxy groups -OCH3 is 4. The summed E-state index contributed by atoms with van der Waals surface area (Å²) in [6.07, 6.45) is -4.31. The van der Waals surface area contributed by atoms with Gasteiger partial charge in [-0.05, 0) is 187 Å². The lowest BCUT2D eigenvalue weighted by Crippen LogP contribution is -2.62. The van der Waals surface area contributed by atoms with Crippen molar-refractivity contribution in [3.05, 3.63) is 257 Å². The van der Waals surface area contributed by atoms with E-state index < -0.39 is 153 Å². The van der Waals surface area contributed by atoms with Gasteiger partial charge in [-0.25, -0.2) is 33.6 Å². The zero-order valence-electron chi connectivity index (χ0n) is 86.4. The highest BCUT2D eigenvalue weighted by molar-refractivity contribution is 6.76. The summed E-state index contributed by atoms with van der Waals surface area (Å²) < 4.78 is 118. The Morgan fingerprint density at radius 2 is 0.919 bits per heavy atom. The average Bonchev–Trinajstić information content (AvgIpc) is 1.58. The lowest BCUT2D eigenvalue weighted by atomic mass is 9.89. The molecule has 6 fully saturated rings. The van der Waals surface area contributed by atoms with Gasteiger partial charge in [-0.1, -0.05) is 113 Å². The lowest BCUT2D eigenvalue weighted by Gasteiger charge is -2.45. The van der Waals surface area contributed by atoms with Gasteiger partial charge in [0.1, 0.15) is 89.5 Å². The summed E-state index contributed by atoms with van der Waals surface area (Å²) in [5.41, 5.74) is 2.98. The van der Waals surface area contributed by atoms with Crippen molar-refractivity contribution in [2.45, 2.75) is 198 Å².